The molecule has 1 fully saturated rings. The SMILES string of the molecule is CC1(C)OOC1(C)CO. The topological polar surface area (TPSA) is 38.7 Å². The largest absolute Gasteiger partial charge is 0.393 e. The van der Waals surface area contributed by atoms with Crippen LogP contribution in [0.5, 0.6) is 0 Å². The van der Waals surface area contributed by atoms with Gasteiger partial charge in [-0.15, -0.1) is 0 Å². The first-order chi connectivity index (χ1) is 4.02. The van der Waals surface area contributed by atoms with Gasteiger partial charge < -0.3 is 5.11 Å². The summed E-state index contributed by atoms with van der Waals surface area (Å²) in [6.45, 7) is 5.58. The summed E-state index contributed by atoms with van der Waals surface area (Å²) in [5.41, 5.74) is -0.852. The molecule has 1 N–H and O–H groups in total. The van der Waals surface area contributed by atoms with E-state index in [1.54, 1.807) is 0 Å². The van der Waals surface area contributed by atoms with Crippen LogP contribution in [0.3, 0.4) is 0 Å². The van der Waals surface area contributed by atoms with Crippen molar-refractivity contribution in [1.29, 1.82) is 0 Å². The molecule has 0 bridgehead atoms. The third-order valence-corrected chi connectivity index (χ3v) is 2.01. The molecule has 9 heavy (non-hydrogen) atoms. The number of rotatable bonds is 1. The van der Waals surface area contributed by atoms with Crippen LogP contribution in [-0.2, 0) is 9.78 Å². The number of aliphatic hydroxyl groups excluding tert-OH is 1. The van der Waals surface area contributed by atoms with Gasteiger partial charge in [-0.2, -0.15) is 0 Å². The smallest absolute Gasteiger partial charge is 0.155 e. The van der Waals surface area contributed by atoms with Crippen molar-refractivity contribution in [2.75, 3.05) is 6.61 Å². The Morgan fingerprint density at radius 3 is 1.78 bits per heavy atom. The maximum atomic E-state index is 8.78. The summed E-state index contributed by atoms with van der Waals surface area (Å²) in [5.74, 6) is 0. The van der Waals surface area contributed by atoms with Gasteiger partial charge in [0.1, 0.15) is 5.60 Å². The Hall–Kier alpha value is -0.120. The highest BCUT2D eigenvalue weighted by atomic mass is 17.3. The van der Waals surface area contributed by atoms with Gasteiger partial charge >= 0.3 is 0 Å². The van der Waals surface area contributed by atoms with E-state index in [9.17, 15) is 0 Å². The summed E-state index contributed by atoms with van der Waals surface area (Å²) in [7, 11) is 0. The van der Waals surface area contributed by atoms with E-state index in [1.165, 1.54) is 0 Å². The van der Waals surface area contributed by atoms with Gasteiger partial charge in [-0.25, -0.2) is 9.78 Å². The minimum Gasteiger partial charge on any atom is -0.393 e. The Morgan fingerprint density at radius 2 is 1.78 bits per heavy atom. The highest BCUT2D eigenvalue weighted by molar-refractivity contribution is 4.95. The summed E-state index contributed by atoms with van der Waals surface area (Å²) < 4.78 is 0. The molecular formula is C6H12O3. The fourth-order valence-electron chi connectivity index (χ4n) is 0.567. The molecule has 1 aliphatic heterocycles. The Balaban J connectivity index is 2.62. The quantitative estimate of drug-likeness (QED) is 0.527. The molecule has 0 aromatic rings. The second-order valence-electron chi connectivity index (χ2n) is 3.07. The fourth-order valence-corrected chi connectivity index (χ4v) is 0.567. The van der Waals surface area contributed by atoms with E-state index in [-0.39, 0.29) is 12.2 Å². The normalized spacial score (nSPS) is 40.0. The molecular weight excluding hydrogens is 120 g/mol. The predicted octanol–water partition coefficient (Wildman–Crippen LogP) is 0.478. The standard InChI is InChI=1S/C6H12O3/c1-5(2)6(3,4-7)9-8-5/h7H,4H2,1-3H3. The molecule has 1 unspecified atom stereocenters. The van der Waals surface area contributed by atoms with E-state index in [0.717, 1.165) is 0 Å². The molecule has 1 atom stereocenters. The molecule has 0 aromatic carbocycles. The molecule has 54 valence electrons. The van der Waals surface area contributed by atoms with E-state index >= 15 is 0 Å². The second kappa shape index (κ2) is 1.68. The molecule has 0 saturated carbocycles. The van der Waals surface area contributed by atoms with Crippen molar-refractivity contribution in [3.05, 3.63) is 0 Å². The molecule has 0 aliphatic carbocycles. The zero-order chi connectivity index (χ0) is 7.12. The Labute approximate surface area is 54.5 Å². The van der Waals surface area contributed by atoms with Gasteiger partial charge in [0.25, 0.3) is 0 Å². The van der Waals surface area contributed by atoms with E-state index in [4.69, 9.17) is 14.9 Å². The van der Waals surface area contributed by atoms with Crippen molar-refractivity contribution in [3.63, 3.8) is 0 Å². The summed E-state index contributed by atoms with van der Waals surface area (Å²) >= 11 is 0. The lowest BCUT2D eigenvalue weighted by atomic mass is 9.87. The Morgan fingerprint density at radius 1 is 1.22 bits per heavy atom. The molecule has 1 rings (SSSR count). The van der Waals surface area contributed by atoms with Gasteiger partial charge in [0, 0.05) is 0 Å². The minimum absolute atomic E-state index is 0. The van der Waals surface area contributed by atoms with Crippen molar-refractivity contribution in [2.24, 2.45) is 0 Å². The zero-order valence-corrected chi connectivity index (χ0v) is 5.97. The van der Waals surface area contributed by atoms with Crippen molar-refractivity contribution in [3.8, 4) is 0 Å². The molecule has 0 radical (unpaired) electrons. The number of hydrogen-bond donors (Lipinski definition) is 1. The molecule has 1 saturated heterocycles. The van der Waals surface area contributed by atoms with Crippen molar-refractivity contribution < 1.29 is 14.9 Å². The van der Waals surface area contributed by atoms with Crippen LogP contribution < -0.4 is 0 Å². The maximum absolute atomic E-state index is 8.78. The van der Waals surface area contributed by atoms with Crippen molar-refractivity contribution in [1.82, 2.24) is 0 Å². The molecule has 0 aromatic heterocycles. The summed E-state index contributed by atoms with van der Waals surface area (Å²) in [4.78, 5) is 9.50. The average Bonchev–Trinajstić information content (AvgIpc) is 1.84. The van der Waals surface area contributed by atoms with Gasteiger partial charge in [0.2, 0.25) is 0 Å². The fraction of sp³-hybridized carbons (Fsp3) is 1.00. The van der Waals surface area contributed by atoms with Gasteiger partial charge in [-0.1, -0.05) is 0 Å². The number of aliphatic hydroxyl groups is 1. The Bertz CT molecular complexity index is 117. The first kappa shape index (κ1) is 6.99. The predicted molar refractivity (Wildman–Crippen MR) is 31.7 cm³/mol. The van der Waals surface area contributed by atoms with E-state index in [2.05, 4.69) is 0 Å². The molecule has 3 nitrogen and oxygen atoms in total. The zero-order valence-electron chi connectivity index (χ0n) is 5.97. The van der Waals surface area contributed by atoms with E-state index in [0.29, 0.717) is 0 Å². The van der Waals surface area contributed by atoms with Gasteiger partial charge in [-0.3, -0.25) is 0 Å². The van der Waals surface area contributed by atoms with Crippen LogP contribution in [0.25, 0.3) is 0 Å². The van der Waals surface area contributed by atoms with Crippen LogP contribution in [0.4, 0.5) is 0 Å². The lowest BCUT2D eigenvalue weighted by Gasteiger charge is -2.49. The van der Waals surface area contributed by atoms with Crippen LogP contribution >= 0.6 is 0 Å². The van der Waals surface area contributed by atoms with E-state index < -0.39 is 5.60 Å². The van der Waals surface area contributed by atoms with Gasteiger partial charge in [0.05, 0.1) is 6.61 Å². The molecule has 3 heteroatoms. The lowest BCUT2D eigenvalue weighted by Crippen LogP contribution is -2.63. The lowest BCUT2D eigenvalue weighted by molar-refractivity contribution is -0.543. The summed E-state index contributed by atoms with van der Waals surface area (Å²) in [6, 6.07) is 0. The third-order valence-electron chi connectivity index (χ3n) is 2.01. The van der Waals surface area contributed by atoms with Gasteiger partial charge in [-0.05, 0) is 20.8 Å². The minimum atomic E-state index is -0.507. The molecule has 0 amide bonds. The monoisotopic (exact) mass is 132 g/mol. The molecule has 1 heterocycles. The first-order valence-electron chi connectivity index (χ1n) is 2.99. The second-order valence-corrected chi connectivity index (χ2v) is 3.07. The summed E-state index contributed by atoms with van der Waals surface area (Å²) in [5, 5.41) is 8.78. The molecule has 1 aliphatic rings. The van der Waals surface area contributed by atoms with Crippen molar-refractivity contribution in [2.45, 2.75) is 32.0 Å². The number of hydrogen-bond acceptors (Lipinski definition) is 3. The highest BCUT2D eigenvalue weighted by Gasteiger charge is 2.54. The maximum Gasteiger partial charge on any atom is 0.155 e. The highest BCUT2D eigenvalue weighted by Crippen LogP contribution is 2.39. The third kappa shape index (κ3) is 0.764. The van der Waals surface area contributed by atoms with Crippen LogP contribution in [0, 0.1) is 0 Å². The first-order valence-corrected chi connectivity index (χ1v) is 2.99. The van der Waals surface area contributed by atoms with Gasteiger partial charge in [0.15, 0.2) is 5.60 Å². The average molecular weight is 132 g/mol. The van der Waals surface area contributed by atoms with Crippen LogP contribution in [0.2, 0.25) is 0 Å². The van der Waals surface area contributed by atoms with E-state index in [1.807, 2.05) is 20.8 Å². The van der Waals surface area contributed by atoms with Crippen LogP contribution in [-0.4, -0.2) is 22.9 Å². The van der Waals surface area contributed by atoms with Crippen LogP contribution in [0.15, 0.2) is 0 Å². The molecule has 0 spiro atoms. The van der Waals surface area contributed by atoms with Crippen molar-refractivity contribution >= 4 is 0 Å². The summed E-state index contributed by atoms with van der Waals surface area (Å²) in [6.07, 6.45) is 0. The Kier molecular flexibility index (Phi) is 1.31. The van der Waals surface area contributed by atoms with Crippen LogP contribution in [0.1, 0.15) is 20.8 Å².